The third-order valence-electron chi connectivity index (χ3n) is 4.38. The van der Waals surface area contributed by atoms with Crippen LogP contribution < -0.4 is 5.32 Å². The molecule has 1 aliphatic carbocycles. The van der Waals surface area contributed by atoms with Crippen molar-refractivity contribution in [2.75, 3.05) is 0 Å². The molecule has 1 saturated carbocycles. The van der Waals surface area contributed by atoms with Gasteiger partial charge in [-0.3, -0.25) is 4.79 Å². The fourth-order valence-corrected chi connectivity index (χ4v) is 2.95. The van der Waals surface area contributed by atoms with Crippen molar-refractivity contribution in [2.45, 2.75) is 25.3 Å². The lowest BCUT2D eigenvalue weighted by Crippen LogP contribution is -2.28. The molecular weight excluding hydrogens is 323 g/mol. The molecule has 128 valence electrons. The van der Waals surface area contributed by atoms with Crippen LogP contribution >= 0.6 is 0 Å². The quantitative estimate of drug-likeness (QED) is 0.785. The highest BCUT2D eigenvalue weighted by Crippen LogP contribution is 2.40. The maximum atomic E-state index is 13.1. The Morgan fingerprint density at radius 3 is 2.76 bits per heavy atom. The lowest BCUT2D eigenvalue weighted by atomic mass is 10.3. The van der Waals surface area contributed by atoms with Gasteiger partial charge in [0.05, 0.1) is 12.0 Å². The minimum Gasteiger partial charge on any atom is -0.346 e. The second kappa shape index (κ2) is 5.80. The van der Waals surface area contributed by atoms with E-state index < -0.39 is 0 Å². The summed E-state index contributed by atoms with van der Waals surface area (Å²) >= 11 is 0. The highest BCUT2D eigenvalue weighted by molar-refractivity contribution is 5.91. The Hall–Kier alpha value is -3.03. The number of hydrogen-bond donors (Lipinski definition) is 1. The Balaban J connectivity index is 1.48. The summed E-state index contributed by atoms with van der Waals surface area (Å²) in [5, 5.41) is 7.21. The SMILES string of the molecule is Cc1nc(C(=O)N[C@@H]2C[C@H]2c2cncn2C)nn1-c1ccc(F)cc1. The Kier molecular flexibility index (Phi) is 3.60. The minimum absolute atomic E-state index is 0.0703. The number of amides is 1. The fraction of sp³-hybridized carbons (Fsp3) is 0.294. The van der Waals surface area contributed by atoms with E-state index in [2.05, 4.69) is 20.4 Å². The molecule has 2 atom stereocenters. The molecule has 0 saturated heterocycles. The molecule has 0 spiro atoms. The zero-order valence-corrected chi connectivity index (χ0v) is 13.8. The van der Waals surface area contributed by atoms with E-state index in [9.17, 15) is 9.18 Å². The Morgan fingerprint density at radius 2 is 2.08 bits per heavy atom. The Morgan fingerprint density at radius 1 is 1.32 bits per heavy atom. The van der Waals surface area contributed by atoms with Crippen molar-refractivity contribution in [2.24, 2.45) is 7.05 Å². The summed E-state index contributed by atoms with van der Waals surface area (Å²) < 4.78 is 16.5. The van der Waals surface area contributed by atoms with Gasteiger partial charge >= 0.3 is 0 Å². The van der Waals surface area contributed by atoms with Crippen molar-refractivity contribution in [3.63, 3.8) is 0 Å². The molecule has 1 aliphatic rings. The number of benzene rings is 1. The van der Waals surface area contributed by atoms with E-state index in [4.69, 9.17) is 0 Å². The van der Waals surface area contributed by atoms with Gasteiger partial charge in [-0.05, 0) is 37.6 Å². The van der Waals surface area contributed by atoms with Crippen LogP contribution in [0.2, 0.25) is 0 Å². The molecule has 0 unspecified atom stereocenters. The molecular formula is C17H17FN6O. The van der Waals surface area contributed by atoms with Crippen LogP contribution in [0.4, 0.5) is 4.39 Å². The highest BCUT2D eigenvalue weighted by atomic mass is 19.1. The average Bonchev–Trinajstić information content (AvgIpc) is 3.00. The highest BCUT2D eigenvalue weighted by Gasteiger charge is 2.41. The first-order chi connectivity index (χ1) is 12.0. The summed E-state index contributed by atoms with van der Waals surface area (Å²) in [6.45, 7) is 1.75. The van der Waals surface area contributed by atoms with Gasteiger partial charge in [0.15, 0.2) is 0 Å². The summed E-state index contributed by atoms with van der Waals surface area (Å²) in [7, 11) is 1.94. The second-order valence-electron chi connectivity index (χ2n) is 6.22. The van der Waals surface area contributed by atoms with Crippen molar-refractivity contribution in [3.8, 4) is 5.69 Å². The normalized spacial score (nSPS) is 19.0. The molecule has 0 bridgehead atoms. The third-order valence-corrected chi connectivity index (χ3v) is 4.38. The lowest BCUT2D eigenvalue weighted by Gasteiger charge is -2.03. The topological polar surface area (TPSA) is 77.6 Å². The van der Waals surface area contributed by atoms with Crippen molar-refractivity contribution in [1.29, 1.82) is 0 Å². The predicted octanol–water partition coefficient (Wildman–Crippen LogP) is 1.73. The van der Waals surface area contributed by atoms with E-state index in [-0.39, 0.29) is 29.5 Å². The molecule has 3 aromatic rings. The first-order valence-corrected chi connectivity index (χ1v) is 7.99. The smallest absolute Gasteiger partial charge is 0.291 e. The number of hydrogen-bond acceptors (Lipinski definition) is 4. The molecule has 1 aromatic carbocycles. The molecule has 2 aromatic heterocycles. The average molecular weight is 340 g/mol. The van der Waals surface area contributed by atoms with Crippen molar-refractivity contribution in [1.82, 2.24) is 29.6 Å². The first-order valence-electron chi connectivity index (χ1n) is 7.99. The molecule has 0 radical (unpaired) electrons. The maximum absolute atomic E-state index is 13.1. The third kappa shape index (κ3) is 2.90. The maximum Gasteiger partial charge on any atom is 0.291 e. The van der Waals surface area contributed by atoms with Crippen molar-refractivity contribution >= 4 is 5.91 Å². The molecule has 0 aliphatic heterocycles. The van der Waals surface area contributed by atoms with Gasteiger partial charge in [0, 0.05) is 30.9 Å². The van der Waals surface area contributed by atoms with Gasteiger partial charge in [-0.15, -0.1) is 5.10 Å². The van der Waals surface area contributed by atoms with Gasteiger partial charge in [-0.1, -0.05) is 0 Å². The van der Waals surface area contributed by atoms with E-state index in [0.29, 0.717) is 11.5 Å². The standard InChI is InChI=1S/C17H17FN6O/c1-10-20-16(22-24(10)12-5-3-11(18)4-6-12)17(25)21-14-7-13(14)15-8-19-9-23(15)2/h3-6,8-9,13-14H,7H2,1-2H3,(H,21,25)/t13-,14-/m1/s1. The molecule has 1 fully saturated rings. The molecule has 8 heteroatoms. The minimum atomic E-state index is -0.325. The van der Waals surface area contributed by atoms with Crippen LogP contribution in [-0.4, -0.2) is 36.3 Å². The number of aryl methyl sites for hydroxylation is 2. The van der Waals surface area contributed by atoms with Gasteiger partial charge in [0.1, 0.15) is 11.6 Å². The van der Waals surface area contributed by atoms with Gasteiger partial charge < -0.3 is 9.88 Å². The van der Waals surface area contributed by atoms with Gasteiger partial charge in [-0.25, -0.2) is 19.0 Å². The molecule has 25 heavy (non-hydrogen) atoms. The van der Waals surface area contributed by atoms with Crippen LogP contribution in [-0.2, 0) is 7.05 Å². The number of nitrogens with zero attached hydrogens (tertiary/aromatic N) is 5. The molecule has 7 nitrogen and oxygen atoms in total. The summed E-state index contributed by atoms with van der Waals surface area (Å²) in [5.41, 5.74) is 1.76. The summed E-state index contributed by atoms with van der Waals surface area (Å²) in [6, 6.07) is 5.95. The van der Waals surface area contributed by atoms with Crippen molar-refractivity contribution in [3.05, 3.63) is 59.9 Å². The number of rotatable bonds is 4. The van der Waals surface area contributed by atoms with Crippen LogP contribution in [0.5, 0.6) is 0 Å². The van der Waals surface area contributed by atoms with Crippen LogP contribution in [0.3, 0.4) is 0 Å². The van der Waals surface area contributed by atoms with E-state index >= 15 is 0 Å². The van der Waals surface area contributed by atoms with Gasteiger partial charge in [-0.2, -0.15) is 0 Å². The Bertz CT molecular complexity index is 929. The molecule has 4 rings (SSSR count). The van der Waals surface area contributed by atoms with Crippen LogP contribution in [0.1, 0.15) is 34.5 Å². The van der Waals surface area contributed by atoms with Crippen LogP contribution in [0.25, 0.3) is 5.69 Å². The summed E-state index contributed by atoms with van der Waals surface area (Å²) in [4.78, 5) is 20.7. The van der Waals surface area contributed by atoms with E-state index in [0.717, 1.165) is 12.1 Å². The molecule has 1 N–H and O–H groups in total. The molecule has 2 heterocycles. The summed E-state index contributed by atoms with van der Waals surface area (Å²) in [5.74, 6) is 0.318. The molecule has 1 amide bonds. The van der Waals surface area contributed by atoms with E-state index in [1.807, 2.05) is 17.8 Å². The number of carbonyl (C=O) groups is 1. The zero-order chi connectivity index (χ0) is 17.6. The number of imidazole rings is 1. The fourth-order valence-electron chi connectivity index (χ4n) is 2.95. The van der Waals surface area contributed by atoms with Crippen LogP contribution in [0.15, 0.2) is 36.8 Å². The van der Waals surface area contributed by atoms with E-state index in [1.54, 1.807) is 25.4 Å². The number of halogens is 1. The Labute approximate surface area is 143 Å². The van der Waals surface area contributed by atoms with Crippen LogP contribution in [0, 0.1) is 12.7 Å². The predicted molar refractivity (Wildman–Crippen MR) is 87.9 cm³/mol. The number of carbonyl (C=O) groups excluding carboxylic acids is 1. The number of nitrogens with one attached hydrogen (secondary N) is 1. The zero-order valence-electron chi connectivity index (χ0n) is 13.8. The second-order valence-corrected chi connectivity index (χ2v) is 6.22. The lowest BCUT2D eigenvalue weighted by molar-refractivity contribution is 0.0940. The summed E-state index contributed by atoms with van der Waals surface area (Å²) in [6.07, 6.45) is 4.45. The first kappa shape index (κ1) is 15.5. The van der Waals surface area contributed by atoms with E-state index in [1.165, 1.54) is 16.8 Å². The monoisotopic (exact) mass is 340 g/mol. The van der Waals surface area contributed by atoms with Crippen molar-refractivity contribution < 1.29 is 9.18 Å². The van der Waals surface area contributed by atoms with Gasteiger partial charge in [0.2, 0.25) is 5.82 Å². The number of aromatic nitrogens is 5. The van der Waals surface area contributed by atoms with Gasteiger partial charge in [0.25, 0.3) is 5.91 Å². The largest absolute Gasteiger partial charge is 0.346 e.